The zero-order chi connectivity index (χ0) is 19.5. The van der Waals surface area contributed by atoms with Crippen molar-refractivity contribution in [3.8, 4) is 0 Å². The van der Waals surface area contributed by atoms with E-state index in [2.05, 4.69) is 26.2 Å². The van der Waals surface area contributed by atoms with Gasteiger partial charge < -0.3 is 9.72 Å². The summed E-state index contributed by atoms with van der Waals surface area (Å²) in [5.41, 5.74) is 2.53. The number of fused-ring (bicyclic) bond motifs is 1. The van der Waals surface area contributed by atoms with E-state index in [9.17, 15) is 9.18 Å². The summed E-state index contributed by atoms with van der Waals surface area (Å²) >= 11 is 4.84. The van der Waals surface area contributed by atoms with Gasteiger partial charge in [-0.2, -0.15) is 0 Å². The Bertz CT molecular complexity index is 1110. The first-order valence-corrected chi connectivity index (χ1v) is 10.3. The van der Waals surface area contributed by atoms with E-state index in [1.54, 1.807) is 30.0 Å². The molecule has 0 aliphatic carbocycles. The Balaban J connectivity index is 1.39. The van der Waals surface area contributed by atoms with Crippen LogP contribution >= 0.6 is 27.7 Å². The molecule has 1 N–H and O–H groups in total. The van der Waals surface area contributed by atoms with Crippen molar-refractivity contribution >= 4 is 44.9 Å². The molecular formula is C21H15BrFN3OS. The summed E-state index contributed by atoms with van der Waals surface area (Å²) in [6.45, 7) is 0. The van der Waals surface area contributed by atoms with Crippen molar-refractivity contribution in [1.82, 2.24) is 9.38 Å². The Kier molecular flexibility index (Phi) is 5.45. The molecule has 4 rings (SSSR count). The molecule has 1 amide bonds. The van der Waals surface area contributed by atoms with Crippen LogP contribution in [0.3, 0.4) is 0 Å². The molecule has 0 unspecified atom stereocenters. The van der Waals surface area contributed by atoms with Gasteiger partial charge in [0.2, 0.25) is 0 Å². The second-order valence-electron chi connectivity index (χ2n) is 6.09. The molecule has 2 aromatic heterocycles. The van der Waals surface area contributed by atoms with Crippen molar-refractivity contribution < 1.29 is 9.18 Å². The lowest BCUT2D eigenvalue weighted by Crippen LogP contribution is -2.12. The Morgan fingerprint density at radius 2 is 1.96 bits per heavy atom. The fourth-order valence-corrected chi connectivity index (χ4v) is 3.82. The Morgan fingerprint density at radius 1 is 1.14 bits per heavy atom. The SMILES string of the molecule is O=C(Nc1ccc(Br)cc1F)c1ccc(SCc2cn3ccccc3n2)cc1. The number of amides is 1. The number of carbonyl (C=O) groups excluding carboxylic acids is 1. The average molecular weight is 456 g/mol. The van der Waals surface area contributed by atoms with Gasteiger partial charge in [0.05, 0.1) is 11.4 Å². The summed E-state index contributed by atoms with van der Waals surface area (Å²) in [5, 5.41) is 2.59. The minimum atomic E-state index is -0.484. The van der Waals surface area contributed by atoms with E-state index < -0.39 is 5.82 Å². The minimum Gasteiger partial charge on any atom is -0.319 e. The summed E-state index contributed by atoms with van der Waals surface area (Å²) in [6.07, 6.45) is 3.98. The van der Waals surface area contributed by atoms with Gasteiger partial charge in [-0.15, -0.1) is 11.8 Å². The average Bonchev–Trinajstić information content (AvgIpc) is 3.12. The van der Waals surface area contributed by atoms with Crippen LogP contribution in [0.4, 0.5) is 10.1 Å². The molecule has 2 aromatic carbocycles. The fraction of sp³-hybridized carbons (Fsp3) is 0.0476. The highest BCUT2D eigenvalue weighted by Crippen LogP contribution is 2.24. The first-order valence-electron chi connectivity index (χ1n) is 8.50. The molecule has 28 heavy (non-hydrogen) atoms. The Hall–Kier alpha value is -2.64. The van der Waals surface area contributed by atoms with Gasteiger partial charge in [-0.3, -0.25) is 4.79 Å². The third kappa shape index (κ3) is 4.26. The number of nitrogens with one attached hydrogen (secondary N) is 1. The zero-order valence-electron chi connectivity index (χ0n) is 14.6. The molecular weight excluding hydrogens is 441 g/mol. The minimum absolute atomic E-state index is 0.151. The van der Waals surface area contributed by atoms with Gasteiger partial charge in [-0.25, -0.2) is 9.37 Å². The van der Waals surface area contributed by atoms with Crippen LogP contribution in [-0.2, 0) is 5.75 Å². The number of imidazole rings is 1. The summed E-state index contributed by atoms with van der Waals surface area (Å²) in [5.74, 6) is -0.0994. The lowest BCUT2D eigenvalue weighted by molar-refractivity contribution is 0.102. The van der Waals surface area contributed by atoms with E-state index in [1.807, 2.05) is 47.1 Å². The number of halogens is 2. The van der Waals surface area contributed by atoms with Crippen LogP contribution in [0.1, 0.15) is 16.1 Å². The third-order valence-electron chi connectivity index (χ3n) is 4.10. The van der Waals surface area contributed by atoms with Crippen molar-refractivity contribution in [2.24, 2.45) is 0 Å². The number of hydrogen-bond acceptors (Lipinski definition) is 3. The summed E-state index contributed by atoms with van der Waals surface area (Å²) in [4.78, 5) is 17.9. The number of anilines is 1. The smallest absolute Gasteiger partial charge is 0.255 e. The van der Waals surface area contributed by atoms with Gasteiger partial charge >= 0.3 is 0 Å². The molecule has 2 heterocycles. The van der Waals surface area contributed by atoms with E-state index in [-0.39, 0.29) is 11.6 Å². The van der Waals surface area contributed by atoms with Crippen LogP contribution in [0.15, 0.2) is 82.4 Å². The van der Waals surface area contributed by atoms with Crippen molar-refractivity contribution in [1.29, 1.82) is 0 Å². The maximum atomic E-state index is 13.9. The number of pyridine rings is 1. The largest absolute Gasteiger partial charge is 0.319 e. The molecule has 7 heteroatoms. The molecule has 4 aromatic rings. The first-order chi connectivity index (χ1) is 13.6. The maximum absolute atomic E-state index is 13.9. The normalized spacial score (nSPS) is 10.9. The fourth-order valence-electron chi connectivity index (χ4n) is 2.70. The van der Waals surface area contributed by atoms with E-state index in [0.29, 0.717) is 10.0 Å². The van der Waals surface area contributed by atoms with Crippen LogP contribution in [-0.4, -0.2) is 15.3 Å². The standard InChI is InChI=1S/C21H15BrFN3OS/c22-15-6-9-19(18(23)11-15)25-21(27)14-4-7-17(8-5-14)28-13-16-12-26-10-2-1-3-20(26)24-16/h1-12H,13H2,(H,25,27). The van der Waals surface area contributed by atoms with Crippen LogP contribution in [0, 0.1) is 5.82 Å². The number of benzene rings is 2. The van der Waals surface area contributed by atoms with Crippen molar-refractivity contribution in [2.75, 3.05) is 5.32 Å². The highest BCUT2D eigenvalue weighted by Gasteiger charge is 2.10. The zero-order valence-corrected chi connectivity index (χ0v) is 17.0. The van der Waals surface area contributed by atoms with Crippen molar-refractivity contribution in [3.05, 3.63) is 94.6 Å². The molecule has 0 bridgehead atoms. The Labute approximate surface area is 173 Å². The molecule has 0 atom stereocenters. The quantitative estimate of drug-likeness (QED) is 0.388. The first kappa shape index (κ1) is 18.7. The lowest BCUT2D eigenvalue weighted by atomic mass is 10.2. The van der Waals surface area contributed by atoms with E-state index >= 15 is 0 Å². The highest BCUT2D eigenvalue weighted by atomic mass is 79.9. The number of thioether (sulfide) groups is 1. The molecule has 4 nitrogen and oxygen atoms in total. The van der Waals surface area contributed by atoms with Crippen molar-refractivity contribution in [3.63, 3.8) is 0 Å². The van der Waals surface area contributed by atoms with Crippen LogP contribution < -0.4 is 5.32 Å². The van der Waals surface area contributed by atoms with Crippen LogP contribution in [0.2, 0.25) is 0 Å². The van der Waals surface area contributed by atoms with Gasteiger partial charge in [0.1, 0.15) is 11.5 Å². The number of rotatable bonds is 5. The monoisotopic (exact) mass is 455 g/mol. The third-order valence-corrected chi connectivity index (χ3v) is 5.64. The molecule has 140 valence electrons. The van der Waals surface area contributed by atoms with E-state index in [4.69, 9.17) is 0 Å². The predicted octanol–water partition coefficient (Wildman–Crippen LogP) is 5.78. The van der Waals surface area contributed by atoms with Gasteiger partial charge in [-0.05, 0) is 54.6 Å². The van der Waals surface area contributed by atoms with Crippen molar-refractivity contribution in [2.45, 2.75) is 10.6 Å². The summed E-state index contributed by atoms with van der Waals surface area (Å²) in [7, 11) is 0. The molecule has 0 aliphatic heterocycles. The number of carbonyl (C=O) groups is 1. The molecule has 0 saturated heterocycles. The second kappa shape index (κ2) is 8.16. The van der Waals surface area contributed by atoms with Crippen LogP contribution in [0.25, 0.3) is 5.65 Å². The topological polar surface area (TPSA) is 46.4 Å². The number of nitrogens with zero attached hydrogens (tertiary/aromatic N) is 2. The van der Waals surface area contributed by atoms with E-state index in [0.717, 1.165) is 22.0 Å². The lowest BCUT2D eigenvalue weighted by Gasteiger charge is -2.07. The van der Waals surface area contributed by atoms with Gasteiger partial charge in [-0.1, -0.05) is 22.0 Å². The van der Waals surface area contributed by atoms with Gasteiger partial charge in [0.25, 0.3) is 5.91 Å². The number of aromatic nitrogens is 2. The summed E-state index contributed by atoms with van der Waals surface area (Å²) in [6, 6.07) is 17.6. The highest BCUT2D eigenvalue weighted by molar-refractivity contribution is 9.10. The van der Waals surface area contributed by atoms with Gasteiger partial charge in [0.15, 0.2) is 0 Å². The van der Waals surface area contributed by atoms with E-state index in [1.165, 1.54) is 12.1 Å². The summed E-state index contributed by atoms with van der Waals surface area (Å²) < 4.78 is 16.5. The second-order valence-corrected chi connectivity index (χ2v) is 8.05. The maximum Gasteiger partial charge on any atom is 0.255 e. The van der Waals surface area contributed by atoms with Gasteiger partial charge in [0, 0.05) is 33.1 Å². The Morgan fingerprint density at radius 3 is 2.71 bits per heavy atom. The molecule has 0 spiro atoms. The number of hydrogen-bond donors (Lipinski definition) is 1. The predicted molar refractivity (Wildman–Crippen MR) is 113 cm³/mol. The van der Waals surface area contributed by atoms with Crippen LogP contribution in [0.5, 0.6) is 0 Å². The molecule has 0 saturated carbocycles. The molecule has 0 radical (unpaired) electrons. The molecule has 0 aliphatic rings. The molecule has 0 fully saturated rings.